The van der Waals surface area contributed by atoms with Crippen LogP contribution in [0.25, 0.3) is 0 Å². The normalized spacial score (nSPS) is 13.4. The van der Waals surface area contributed by atoms with E-state index in [2.05, 4.69) is 46.5 Å². The molecule has 4 heteroatoms. The molecular formula is C15H30N3O+. The Morgan fingerprint density at radius 3 is 2.21 bits per heavy atom. The van der Waals surface area contributed by atoms with E-state index in [9.17, 15) is 4.79 Å². The van der Waals surface area contributed by atoms with Gasteiger partial charge < -0.3 is 0 Å². The van der Waals surface area contributed by atoms with Crippen LogP contribution in [0.15, 0.2) is 23.5 Å². The third-order valence-electron chi connectivity index (χ3n) is 2.83. The highest BCUT2D eigenvalue weighted by Crippen LogP contribution is 2.14. The van der Waals surface area contributed by atoms with Crippen molar-refractivity contribution in [3.63, 3.8) is 0 Å². The summed E-state index contributed by atoms with van der Waals surface area (Å²) in [5, 5.41) is 1.97. The second-order valence-corrected chi connectivity index (χ2v) is 5.55. The van der Waals surface area contributed by atoms with Crippen molar-refractivity contribution in [2.45, 2.75) is 40.5 Å². The van der Waals surface area contributed by atoms with E-state index in [1.807, 2.05) is 24.9 Å². The largest absolute Gasteiger partial charge is 0.283 e. The van der Waals surface area contributed by atoms with Crippen LogP contribution in [0.4, 0.5) is 0 Å². The Kier molecular flexibility index (Phi) is 7.45. The summed E-state index contributed by atoms with van der Waals surface area (Å²) < 4.78 is 0.684. The van der Waals surface area contributed by atoms with Gasteiger partial charge in [-0.15, -0.1) is 0 Å². The van der Waals surface area contributed by atoms with Crippen LogP contribution >= 0.6 is 0 Å². The topological polar surface area (TPSA) is 32.3 Å². The Morgan fingerprint density at radius 2 is 1.84 bits per heavy atom. The lowest BCUT2D eigenvalue weighted by Gasteiger charge is -2.35. The molecule has 0 radical (unpaired) electrons. The van der Waals surface area contributed by atoms with Crippen LogP contribution in [0.3, 0.4) is 0 Å². The van der Waals surface area contributed by atoms with Gasteiger partial charge in [-0.05, 0) is 32.8 Å². The van der Waals surface area contributed by atoms with Gasteiger partial charge in [0.25, 0.3) is 5.91 Å². The first-order valence-electron chi connectivity index (χ1n) is 7.01. The average Bonchev–Trinajstić information content (AvgIpc) is 2.32. The molecule has 0 bridgehead atoms. The van der Waals surface area contributed by atoms with E-state index in [1.165, 1.54) is 0 Å². The molecule has 0 aromatic carbocycles. The SMILES string of the molecule is C/C=C(\C)C(=O)NN(CCC)/C(=C\CC)[N+](C)(C)C. The average molecular weight is 268 g/mol. The Balaban J connectivity index is 5.18. The first-order valence-corrected chi connectivity index (χ1v) is 7.01. The minimum atomic E-state index is -0.0357. The molecule has 110 valence electrons. The molecule has 0 saturated heterocycles. The molecule has 0 aromatic heterocycles. The fraction of sp³-hybridized carbons (Fsp3) is 0.667. The number of hydrogen-bond acceptors (Lipinski definition) is 2. The number of nitrogens with zero attached hydrogens (tertiary/aromatic N) is 2. The molecule has 0 aliphatic rings. The predicted octanol–water partition coefficient (Wildman–Crippen LogP) is 2.65. The Hall–Kier alpha value is -1.29. The third kappa shape index (κ3) is 5.92. The van der Waals surface area contributed by atoms with Gasteiger partial charge in [0.15, 0.2) is 0 Å². The van der Waals surface area contributed by atoms with Crippen LogP contribution in [-0.4, -0.2) is 43.1 Å². The molecule has 0 heterocycles. The van der Waals surface area contributed by atoms with Gasteiger partial charge in [0.2, 0.25) is 5.82 Å². The standard InChI is InChI=1S/C15H29N3O/c1-8-11-14(18(5,6)7)17(12-9-2)16-15(19)13(4)10-3/h10-11H,8-9,12H2,1-7H3/p+1/b13-10+,14-11+. The zero-order chi connectivity index (χ0) is 15.1. The van der Waals surface area contributed by atoms with Gasteiger partial charge in [-0.2, -0.15) is 0 Å². The molecule has 4 nitrogen and oxygen atoms in total. The summed E-state index contributed by atoms with van der Waals surface area (Å²) in [6.45, 7) is 8.74. The lowest BCUT2D eigenvalue weighted by Crippen LogP contribution is -2.51. The lowest BCUT2D eigenvalue weighted by molar-refractivity contribution is -0.841. The summed E-state index contributed by atoms with van der Waals surface area (Å²) >= 11 is 0. The molecular weight excluding hydrogens is 238 g/mol. The van der Waals surface area contributed by atoms with Crippen LogP contribution in [-0.2, 0) is 4.79 Å². The number of hydrazine groups is 1. The van der Waals surface area contributed by atoms with Gasteiger partial charge in [-0.3, -0.25) is 14.7 Å². The second-order valence-electron chi connectivity index (χ2n) is 5.55. The maximum absolute atomic E-state index is 12.0. The Morgan fingerprint density at radius 1 is 1.26 bits per heavy atom. The number of allylic oxidation sites excluding steroid dienone is 2. The molecule has 1 N–H and O–H groups in total. The molecule has 0 saturated carbocycles. The quantitative estimate of drug-likeness (QED) is 0.437. The molecule has 0 aliphatic heterocycles. The van der Waals surface area contributed by atoms with Gasteiger partial charge in [0.05, 0.1) is 21.1 Å². The highest BCUT2D eigenvalue weighted by Gasteiger charge is 2.24. The summed E-state index contributed by atoms with van der Waals surface area (Å²) in [6.07, 6.45) is 5.93. The maximum Gasteiger partial charge on any atom is 0.265 e. The van der Waals surface area contributed by atoms with E-state index < -0.39 is 0 Å². The molecule has 0 aromatic rings. The van der Waals surface area contributed by atoms with Crippen molar-refractivity contribution < 1.29 is 9.28 Å². The minimum absolute atomic E-state index is 0.0357. The molecule has 0 spiro atoms. The van der Waals surface area contributed by atoms with Gasteiger partial charge in [-0.25, -0.2) is 5.01 Å². The molecule has 0 atom stereocenters. The van der Waals surface area contributed by atoms with Crippen LogP contribution in [0, 0.1) is 0 Å². The van der Waals surface area contributed by atoms with Crippen molar-refractivity contribution in [1.82, 2.24) is 10.4 Å². The van der Waals surface area contributed by atoms with Crippen molar-refractivity contribution in [3.8, 4) is 0 Å². The predicted molar refractivity (Wildman–Crippen MR) is 81.0 cm³/mol. The number of hydrogen-bond donors (Lipinski definition) is 1. The van der Waals surface area contributed by atoms with Gasteiger partial charge in [-0.1, -0.05) is 19.9 Å². The first kappa shape index (κ1) is 17.7. The zero-order valence-corrected chi connectivity index (χ0v) is 13.6. The molecule has 0 unspecified atom stereocenters. The van der Waals surface area contributed by atoms with Crippen molar-refractivity contribution in [2.75, 3.05) is 27.7 Å². The van der Waals surface area contributed by atoms with Gasteiger partial charge in [0.1, 0.15) is 0 Å². The molecule has 0 fully saturated rings. The zero-order valence-electron chi connectivity index (χ0n) is 13.6. The number of rotatable bonds is 7. The Bertz CT molecular complexity index is 351. The number of nitrogens with one attached hydrogen (secondary N) is 1. The smallest absolute Gasteiger partial charge is 0.265 e. The number of carbonyl (C=O) groups is 1. The first-order chi connectivity index (χ1) is 8.77. The summed E-state index contributed by atoms with van der Waals surface area (Å²) in [7, 11) is 6.33. The van der Waals surface area contributed by atoms with E-state index in [0.717, 1.165) is 30.8 Å². The van der Waals surface area contributed by atoms with Gasteiger partial charge in [0, 0.05) is 12.1 Å². The number of quaternary nitrogens is 1. The second kappa shape index (κ2) is 8.00. The number of carbonyl (C=O) groups excluding carboxylic acids is 1. The van der Waals surface area contributed by atoms with E-state index in [1.54, 1.807) is 0 Å². The third-order valence-corrected chi connectivity index (χ3v) is 2.83. The highest BCUT2D eigenvalue weighted by molar-refractivity contribution is 5.92. The van der Waals surface area contributed by atoms with Crippen molar-refractivity contribution in [3.05, 3.63) is 23.5 Å². The molecule has 0 rings (SSSR count). The van der Waals surface area contributed by atoms with Crippen molar-refractivity contribution in [2.24, 2.45) is 0 Å². The minimum Gasteiger partial charge on any atom is -0.283 e. The van der Waals surface area contributed by atoms with E-state index >= 15 is 0 Å². The molecule has 19 heavy (non-hydrogen) atoms. The fourth-order valence-corrected chi connectivity index (χ4v) is 1.72. The van der Waals surface area contributed by atoms with Crippen LogP contribution in [0.1, 0.15) is 40.5 Å². The van der Waals surface area contributed by atoms with Crippen LogP contribution in [0.5, 0.6) is 0 Å². The maximum atomic E-state index is 12.0. The van der Waals surface area contributed by atoms with Crippen molar-refractivity contribution in [1.29, 1.82) is 0 Å². The van der Waals surface area contributed by atoms with Crippen molar-refractivity contribution >= 4 is 5.91 Å². The fourth-order valence-electron chi connectivity index (χ4n) is 1.72. The lowest BCUT2D eigenvalue weighted by atomic mass is 10.3. The van der Waals surface area contributed by atoms with E-state index in [4.69, 9.17) is 0 Å². The highest BCUT2D eigenvalue weighted by atomic mass is 16.2. The van der Waals surface area contributed by atoms with Crippen LogP contribution < -0.4 is 5.43 Å². The van der Waals surface area contributed by atoms with E-state index in [-0.39, 0.29) is 5.91 Å². The summed E-state index contributed by atoms with van der Waals surface area (Å²) in [4.78, 5) is 12.0. The Labute approximate surface area is 118 Å². The summed E-state index contributed by atoms with van der Waals surface area (Å²) in [6, 6.07) is 0. The monoisotopic (exact) mass is 268 g/mol. The summed E-state index contributed by atoms with van der Waals surface area (Å²) in [5.74, 6) is 1.08. The van der Waals surface area contributed by atoms with Gasteiger partial charge >= 0.3 is 0 Å². The summed E-state index contributed by atoms with van der Waals surface area (Å²) in [5.41, 5.74) is 3.74. The number of amides is 1. The van der Waals surface area contributed by atoms with Crippen LogP contribution in [0.2, 0.25) is 0 Å². The van der Waals surface area contributed by atoms with E-state index in [0.29, 0.717) is 4.48 Å². The molecule has 1 amide bonds. The molecule has 0 aliphatic carbocycles.